The van der Waals surface area contributed by atoms with Gasteiger partial charge >= 0.3 is 0 Å². The van der Waals surface area contributed by atoms with Gasteiger partial charge < -0.3 is 5.73 Å². The fraction of sp³-hybridized carbons (Fsp3) is 0.0769. The average molecular weight is 280 g/mol. The molecule has 2 aromatic rings. The van der Waals surface area contributed by atoms with Gasteiger partial charge in [0.15, 0.2) is 0 Å². The van der Waals surface area contributed by atoms with Gasteiger partial charge in [0, 0.05) is 5.69 Å². The van der Waals surface area contributed by atoms with Crippen LogP contribution in [0, 0.1) is 12.7 Å². The van der Waals surface area contributed by atoms with Crippen molar-refractivity contribution in [1.82, 2.24) is 0 Å². The molecule has 0 radical (unpaired) electrons. The maximum absolute atomic E-state index is 13.4. The van der Waals surface area contributed by atoms with Crippen LogP contribution in [0.5, 0.6) is 0 Å². The van der Waals surface area contributed by atoms with Crippen molar-refractivity contribution >= 4 is 21.4 Å². The van der Waals surface area contributed by atoms with Crippen molar-refractivity contribution in [1.29, 1.82) is 0 Å². The van der Waals surface area contributed by atoms with Crippen LogP contribution in [0.3, 0.4) is 0 Å². The molecule has 0 atom stereocenters. The minimum atomic E-state index is -3.73. The molecule has 2 rings (SSSR count). The Morgan fingerprint density at radius 2 is 1.74 bits per heavy atom. The number of nitrogens with one attached hydrogen (secondary N) is 1. The van der Waals surface area contributed by atoms with E-state index in [1.54, 1.807) is 6.92 Å². The summed E-state index contributed by atoms with van der Waals surface area (Å²) in [6.45, 7) is 1.60. The standard InChI is InChI=1S/C13H13FN2O2S/c1-9-2-5-11(8-13(9)14)16-19(17,18)12-6-3-10(15)4-7-12/h2-8,16H,15H2,1H3. The van der Waals surface area contributed by atoms with Gasteiger partial charge in [-0.25, -0.2) is 12.8 Å². The summed E-state index contributed by atoms with van der Waals surface area (Å²) in [6, 6.07) is 9.92. The van der Waals surface area contributed by atoms with E-state index >= 15 is 0 Å². The summed E-state index contributed by atoms with van der Waals surface area (Å²) in [5.74, 6) is -0.461. The molecule has 0 spiro atoms. The van der Waals surface area contributed by atoms with E-state index < -0.39 is 15.8 Å². The van der Waals surface area contributed by atoms with Gasteiger partial charge in [0.1, 0.15) is 5.82 Å². The van der Waals surface area contributed by atoms with Crippen molar-refractivity contribution in [2.75, 3.05) is 10.5 Å². The smallest absolute Gasteiger partial charge is 0.261 e. The summed E-state index contributed by atoms with van der Waals surface area (Å²) in [4.78, 5) is 0.0719. The van der Waals surface area contributed by atoms with Crippen LogP contribution < -0.4 is 10.5 Å². The van der Waals surface area contributed by atoms with E-state index in [0.717, 1.165) is 6.07 Å². The molecule has 0 saturated heterocycles. The molecule has 0 amide bonds. The molecule has 0 fully saturated rings. The molecule has 0 aliphatic rings. The monoisotopic (exact) mass is 280 g/mol. The highest BCUT2D eigenvalue weighted by molar-refractivity contribution is 7.92. The molecule has 0 aliphatic heterocycles. The Morgan fingerprint density at radius 3 is 2.32 bits per heavy atom. The predicted octanol–water partition coefficient (Wildman–Crippen LogP) is 2.52. The second-order valence-corrected chi connectivity index (χ2v) is 5.82. The zero-order valence-electron chi connectivity index (χ0n) is 10.2. The largest absolute Gasteiger partial charge is 0.399 e. The Bertz CT molecular complexity index is 697. The summed E-state index contributed by atoms with van der Waals surface area (Å²) in [5.41, 5.74) is 6.60. The Hall–Kier alpha value is -2.08. The molecule has 0 aliphatic carbocycles. The minimum absolute atomic E-state index is 0.0719. The third-order valence-electron chi connectivity index (χ3n) is 2.61. The van der Waals surface area contributed by atoms with Gasteiger partial charge in [-0.15, -0.1) is 0 Å². The molecule has 6 heteroatoms. The molecule has 0 aromatic heterocycles. The number of hydrogen-bond acceptors (Lipinski definition) is 3. The second kappa shape index (κ2) is 4.89. The molecular weight excluding hydrogens is 267 g/mol. The molecule has 2 aromatic carbocycles. The van der Waals surface area contributed by atoms with Crippen molar-refractivity contribution in [2.24, 2.45) is 0 Å². The molecule has 0 bridgehead atoms. The molecule has 4 nitrogen and oxygen atoms in total. The molecule has 0 saturated carbocycles. The lowest BCUT2D eigenvalue weighted by molar-refractivity contribution is 0.601. The maximum Gasteiger partial charge on any atom is 0.261 e. The van der Waals surface area contributed by atoms with Gasteiger partial charge in [-0.05, 0) is 48.9 Å². The van der Waals surface area contributed by atoms with E-state index in [4.69, 9.17) is 5.73 Å². The van der Waals surface area contributed by atoms with Crippen molar-refractivity contribution in [3.63, 3.8) is 0 Å². The van der Waals surface area contributed by atoms with Crippen LogP contribution in [0.15, 0.2) is 47.4 Å². The lowest BCUT2D eigenvalue weighted by Crippen LogP contribution is -2.13. The maximum atomic E-state index is 13.4. The lowest BCUT2D eigenvalue weighted by atomic mass is 10.2. The molecule has 100 valence electrons. The first-order valence-corrected chi connectivity index (χ1v) is 7.01. The highest BCUT2D eigenvalue weighted by Crippen LogP contribution is 2.19. The van der Waals surface area contributed by atoms with Crippen LogP contribution in [-0.2, 0) is 10.0 Å². The van der Waals surface area contributed by atoms with E-state index in [-0.39, 0.29) is 10.6 Å². The number of benzene rings is 2. The van der Waals surface area contributed by atoms with Crippen LogP contribution in [0.25, 0.3) is 0 Å². The number of anilines is 2. The molecule has 19 heavy (non-hydrogen) atoms. The first-order chi connectivity index (χ1) is 8.88. The average Bonchev–Trinajstić information content (AvgIpc) is 2.34. The van der Waals surface area contributed by atoms with Crippen LogP contribution >= 0.6 is 0 Å². The van der Waals surface area contributed by atoms with Crippen LogP contribution in [-0.4, -0.2) is 8.42 Å². The molecule has 0 unspecified atom stereocenters. The fourth-order valence-electron chi connectivity index (χ4n) is 1.52. The zero-order chi connectivity index (χ0) is 14.0. The quantitative estimate of drug-likeness (QED) is 0.848. The summed E-state index contributed by atoms with van der Waals surface area (Å²) in [6.07, 6.45) is 0. The first kappa shape index (κ1) is 13.4. The van der Waals surface area contributed by atoms with Crippen molar-refractivity contribution < 1.29 is 12.8 Å². The van der Waals surface area contributed by atoms with Gasteiger partial charge in [0.25, 0.3) is 10.0 Å². The summed E-state index contributed by atoms with van der Waals surface area (Å²) in [5, 5.41) is 0. The van der Waals surface area contributed by atoms with Gasteiger partial charge in [-0.3, -0.25) is 4.72 Å². The van der Waals surface area contributed by atoms with Gasteiger partial charge in [-0.1, -0.05) is 6.07 Å². The van der Waals surface area contributed by atoms with E-state index in [2.05, 4.69) is 4.72 Å². The molecular formula is C13H13FN2O2S. The highest BCUT2D eigenvalue weighted by atomic mass is 32.2. The SMILES string of the molecule is Cc1ccc(NS(=O)(=O)c2ccc(N)cc2)cc1F. The summed E-state index contributed by atoms with van der Waals surface area (Å²) >= 11 is 0. The Balaban J connectivity index is 2.30. The number of nitrogens with two attached hydrogens (primary N) is 1. The van der Waals surface area contributed by atoms with Gasteiger partial charge in [-0.2, -0.15) is 0 Å². The van der Waals surface area contributed by atoms with Crippen LogP contribution in [0.2, 0.25) is 0 Å². The lowest BCUT2D eigenvalue weighted by Gasteiger charge is -2.09. The molecule has 3 N–H and O–H groups in total. The van der Waals surface area contributed by atoms with E-state index in [1.807, 2.05) is 0 Å². The van der Waals surface area contributed by atoms with E-state index in [0.29, 0.717) is 11.3 Å². The minimum Gasteiger partial charge on any atom is -0.399 e. The highest BCUT2D eigenvalue weighted by Gasteiger charge is 2.14. The predicted molar refractivity (Wildman–Crippen MR) is 72.8 cm³/mol. The van der Waals surface area contributed by atoms with Crippen LogP contribution in [0.1, 0.15) is 5.56 Å². The normalized spacial score (nSPS) is 11.3. The number of sulfonamides is 1. The van der Waals surface area contributed by atoms with Crippen molar-refractivity contribution in [3.05, 3.63) is 53.8 Å². The molecule has 0 heterocycles. The number of aryl methyl sites for hydroxylation is 1. The fourth-order valence-corrected chi connectivity index (χ4v) is 2.57. The van der Waals surface area contributed by atoms with E-state index in [1.165, 1.54) is 36.4 Å². The Kier molecular flexibility index (Phi) is 3.44. The Labute approximate surface area is 111 Å². The topological polar surface area (TPSA) is 72.2 Å². The third kappa shape index (κ3) is 3.03. The number of nitrogen functional groups attached to an aromatic ring is 1. The van der Waals surface area contributed by atoms with Gasteiger partial charge in [0.05, 0.1) is 10.6 Å². The summed E-state index contributed by atoms with van der Waals surface area (Å²) in [7, 11) is -3.73. The number of halogens is 1. The van der Waals surface area contributed by atoms with Gasteiger partial charge in [0.2, 0.25) is 0 Å². The first-order valence-electron chi connectivity index (χ1n) is 5.53. The summed E-state index contributed by atoms with van der Waals surface area (Å²) < 4.78 is 39.7. The number of rotatable bonds is 3. The van der Waals surface area contributed by atoms with E-state index in [9.17, 15) is 12.8 Å². The third-order valence-corrected chi connectivity index (χ3v) is 4.01. The van der Waals surface area contributed by atoms with Crippen molar-refractivity contribution in [3.8, 4) is 0 Å². The Morgan fingerprint density at radius 1 is 1.11 bits per heavy atom. The zero-order valence-corrected chi connectivity index (χ0v) is 11.0. The number of hydrogen-bond donors (Lipinski definition) is 2. The van der Waals surface area contributed by atoms with Crippen LogP contribution in [0.4, 0.5) is 15.8 Å². The van der Waals surface area contributed by atoms with Crippen molar-refractivity contribution in [2.45, 2.75) is 11.8 Å². The second-order valence-electron chi connectivity index (χ2n) is 4.14.